The Bertz CT molecular complexity index is 903. The van der Waals surface area contributed by atoms with Gasteiger partial charge >= 0.3 is 0 Å². The van der Waals surface area contributed by atoms with E-state index < -0.39 is 0 Å². The first-order chi connectivity index (χ1) is 15.6. The van der Waals surface area contributed by atoms with Crippen molar-refractivity contribution < 1.29 is 18.9 Å². The molecule has 0 unspecified atom stereocenters. The predicted molar refractivity (Wildman–Crippen MR) is 129 cm³/mol. The van der Waals surface area contributed by atoms with Crippen LogP contribution in [0.1, 0.15) is 36.5 Å². The molecule has 1 aliphatic heterocycles. The molecule has 3 rings (SSSR count). The lowest BCUT2D eigenvalue weighted by Gasteiger charge is -2.26. The van der Waals surface area contributed by atoms with Gasteiger partial charge in [-0.05, 0) is 66.8 Å². The van der Waals surface area contributed by atoms with Gasteiger partial charge in [0.15, 0.2) is 11.5 Å². The van der Waals surface area contributed by atoms with E-state index in [1.807, 2.05) is 18.2 Å². The van der Waals surface area contributed by atoms with Crippen molar-refractivity contribution >= 4 is 5.57 Å². The first kappa shape index (κ1) is 24.0. The molecule has 0 aromatic heterocycles. The smallest absolute Gasteiger partial charge is 0.161 e. The summed E-state index contributed by atoms with van der Waals surface area (Å²) in [6, 6.07) is 12.2. The van der Waals surface area contributed by atoms with Crippen molar-refractivity contribution in [3.63, 3.8) is 0 Å². The van der Waals surface area contributed by atoms with Crippen molar-refractivity contribution in [1.29, 1.82) is 0 Å². The van der Waals surface area contributed by atoms with E-state index in [2.05, 4.69) is 30.0 Å². The van der Waals surface area contributed by atoms with Gasteiger partial charge in [0.25, 0.3) is 0 Å². The number of morpholine rings is 1. The largest absolute Gasteiger partial charge is 0.497 e. The molecule has 6 nitrogen and oxygen atoms in total. The Labute approximate surface area is 191 Å². The molecule has 2 aromatic rings. The molecule has 6 heteroatoms. The Hall–Kier alpha value is -2.70. The van der Waals surface area contributed by atoms with Crippen LogP contribution in [0.15, 0.2) is 42.1 Å². The number of aryl methyl sites for hydroxylation is 1. The van der Waals surface area contributed by atoms with Crippen molar-refractivity contribution in [2.24, 2.45) is 5.73 Å². The highest BCUT2D eigenvalue weighted by Gasteiger charge is 2.18. The maximum atomic E-state index is 6.79. The van der Waals surface area contributed by atoms with Crippen LogP contribution in [0.3, 0.4) is 0 Å². The number of benzene rings is 2. The zero-order valence-electron chi connectivity index (χ0n) is 19.8. The molecule has 0 radical (unpaired) electrons. The molecule has 0 aliphatic carbocycles. The minimum atomic E-state index is 0.701. The van der Waals surface area contributed by atoms with E-state index in [1.54, 1.807) is 21.3 Å². The fourth-order valence-corrected chi connectivity index (χ4v) is 4.16. The number of allylic oxidation sites excluding steroid dienone is 1. The molecule has 32 heavy (non-hydrogen) atoms. The van der Waals surface area contributed by atoms with Gasteiger partial charge in [0.05, 0.1) is 34.5 Å². The number of nitrogens with two attached hydrogens (primary N) is 1. The van der Waals surface area contributed by atoms with E-state index in [0.29, 0.717) is 5.75 Å². The molecule has 1 aliphatic rings. The molecule has 0 spiro atoms. The van der Waals surface area contributed by atoms with Gasteiger partial charge in [-0.2, -0.15) is 0 Å². The summed E-state index contributed by atoms with van der Waals surface area (Å²) < 4.78 is 22.0. The van der Waals surface area contributed by atoms with E-state index in [0.717, 1.165) is 86.0 Å². The summed E-state index contributed by atoms with van der Waals surface area (Å²) in [6.07, 6.45) is 2.67. The molecule has 1 fully saturated rings. The van der Waals surface area contributed by atoms with Crippen molar-refractivity contribution in [3.8, 4) is 17.2 Å². The second-order valence-electron chi connectivity index (χ2n) is 7.90. The summed E-state index contributed by atoms with van der Waals surface area (Å²) in [6.45, 7) is 6.77. The molecule has 0 amide bonds. The topological polar surface area (TPSA) is 66.2 Å². The number of ether oxygens (including phenoxy) is 4. The van der Waals surface area contributed by atoms with Gasteiger partial charge in [0, 0.05) is 24.4 Å². The summed E-state index contributed by atoms with van der Waals surface area (Å²) in [4.78, 5) is 2.44. The van der Waals surface area contributed by atoms with E-state index in [4.69, 9.17) is 24.7 Å². The Balaban J connectivity index is 1.99. The van der Waals surface area contributed by atoms with Gasteiger partial charge < -0.3 is 24.7 Å². The average Bonchev–Trinajstić information content (AvgIpc) is 2.84. The molecule has 2 N–H and O–H groups in total. The standard InChI is InChI=1S/C26H36N2O4/c1-5-19-17-24(30-3)25(31-4)18-22(19)26(20-8-10-21(29-2)11-9-20)23(27)7-6-12-28-13-15-32-16-14-28/h8-11,17-18H,5-7,12-16,27H2,1-4H3/b26-23+. The maximum absolute atomic E-state index is 6.79. The molecule has 0 atom stereocenters. The first-order valence-electron chi connectivity index (χ1n) is 11.3. The third kappa shape index (κ3) is 5.75. The molecule has 0 bridgehead atoms. The van der Waals surface area contributed by atoms with Gasteiger partial charge in [-0.1, -0.05) is 19.1 Å². The lowest BCUT2D eigenvalue weighted by molar-refractivity contribution is 0.0374. The van der Waals surface area contributed by atoms with Crippen LogP contribution < -0.4 is 19.9 Å². The monoisotopic (exact) mass is 440 g/mol. The SMILES string of the molecule is CCc1cc(OC)c(OC)cc1/C(=C(/N)CCCN1CCOCC1)c1ccc(OC)cc1. The average molecular weight is 441 g/mol. The predicted octanol–water partition coefficient (Wildman–Crippen LogP) is 4.11. The van der Waals surface area contributed by atoms with Crippen LogP contribution in [0.2, 0.25) is 0 Å². The second-order valence-corrected chi connectivity index (χ2v) is 7.90. The third-order valence-electron chi connectivity index (χ3n) is 5.98. The quantitative estimate of drug-likeness (QED) is 0.600. The summed E-state index contributed by atoms with van der Waals surface area (Å²) >= 11 is 0. The Morgan fingerprint density at radius 2 is 1.62 bits per heavy atom. The summed E-state index contributed by atoms with van der Waals surface area (Å²) in [5.41, 5.74) is 12.0. The fraction of sp³-hybridized carbons (Fsp3) is 0.462. The molecule has 174 valence electrons. The molecule has 0 saturated carbocycles. The zero-order chi connectivity index (χ0) is 22.9. The van der Waals surface area contributed by atoms with E-state index in [9.17, 15) is 0 Å². The highest BCUT2D eigenvalue weighted by Crippen LogP contribution is 2.38. The number of hydrogen-bond acceptors (Lipinski definition) is 6. The highest BCUT2D eigenvalue weighted by molar-refractivity contribution is 5.84. The van der Waals surface area contributed by atoms with Crippen LogP contribution in [0.25, 0.3) is 5.57 Å². The minimum absolute atomic E-state index is 0.701. The van der Waals surface area contributed by atoms with Crippen LogP contribution in [0, 0.1) is 0 Å². The van der Waals surface area contributed by atoms with E-state index >= 15 is 0 Å². The minimum Gasteiger partial charge on any atom is -0.497 e. The van der Waals surface area contributed by atoms with Crippen LogP contribution >= 0.6 is 0 Å². The van der Waals surface area contributed by atoms with Crippen molar-refractivity contribution in [1.82, 2.24) is 4.90 Å². The van der Waals surface area contributed by atoms with Crippen LogP contribution in [0.5, 0.6) is 17.2 Å². The van der Waals surface area contributed by atoms with Crippen LogP contribution in [-0.4, -0.2) is 59.1 Å². The van der Waals surface area contributed by atoms with Crippen molar-refractivity contribution in [2.75, 3.05) is 54.2 Å². The normalized spacial score (nSPS) is 15.2. The molecule has 1 saturated heterocycles. The summed E-state index contributed by atoms with van der Waals surface area (Å²) in [7, 11) is 5.00. The Morgan fingerprint density at radius 3 is 2.22 bits per heavy atom. The Morgan fingerprint density at radius 1 is 0.969 bits per heavy atom. The van der Waals surface area contributed by atoms with Gasteiger partial charge in [-0.25, -0.2) is 0 Å². The maximum Gasteiger partial charge on any atom is 0.161 e. The van der Waals surface area contributed by atoms with E-state index in [-0.39, 0.29) is 0 Å². The van der Waals surface area contributed by atoms with Gasteiger partial charge in [-0.15, -0.1) is 0 Å². The highest BCUT2D eigenvalue weighted by atomic mass is 16.5. The van der Waals surface area contributed by atoms with Gasteiger partial charge in [0.1, 0.15) is 5.75 Å². The Kier molecular flexibility index (Phi) is 8.82. The van der Waals surface area contributed by atoms with Crippen molar-refractivity contribution in [2.45, 2.75) is 26.2 Å². The van der Waals surface area contributed by atoms with Crippen LogP contribution in [-0.2, 0) is 11.2 Å². The lowest BCUT2D eigenvalue weighted by atomic mass is 9.89. The number of hydrogen-bond donors (Lipinski definition) is 1. The van der Waals surface area contributed by atoms with E-state index in [1.165, 1.54) is 5.56 Å². The summed E-state index contributed by atoms with van der Waals surface area (Å²) in [5, 5.41) is 0. The molecular weight excluding hydrogens is 404 g/mol. The number of rotatable bonds is 10. The summed E-state index contributed by atoms with van der Waals surface area (Å²) in [5.74, 6) is 2.25. The van der Waals surface area contributed by atoms with Crippen LogP contribution in [0.4, 0.5) is 0 Å². The number of nitrogens with zero attached hydrogens (tertiary/aromatic N) is 1. The van der Waals surface area contributed by atoms with Crippen molar-refractivity contribution in [3.05, 3.63) is 58.8 Å². The van der Waals surface area contributed by atoms with Gasteiger partial charge in [-0.3, -0.25) is 4.90 Å². The third-order valence-corrected chi connectivity index (χ3v) is 5.98. The fourth-order valence-electron chi connectivity index (χ4n) is 4.16. The molecular formula is C26H36N2O4. The van der Waals surface area contributed by atoms with Gasteiger partial charge in [0.2, 0.25) is 0 Å². The first-order valence-corrected chi connectivity index (χ1v) is 11.3. The lowest BCUT2D eigenvalue weighted by Crippen LogP contribution is -2.36. The number of methoxy groups -OCH3 is 3. The zero-order valence-corrected chi connectivity index (χ0v) is 19.8. The molecule has 1 heterocycles. The second kappa shape index (κ2) is 11.8. The molecule has 2 aromatic carbocycles.